The van der Waals surface area contributed by atoms with Gasteiger partial charge >= 0.3 is 6.36 Å². The van der Waals surface area contributed by atoms with Crippen molar-refractivity contribution < 1.29 is 32.1 Å². The topological polar surface area (TPSA) is 87.3 Å². The van der Waals surface area contributed by atoms with Gasteiger partial charge in [0.2, 0.25) is 0 Å². The van der Waals surface area contributed by atoms with Crippen molar-refractivity contribution in [3.63, 3.8) is 0 Å². The Hall–Kier alpha value is -3.30. The smallest absolute Gasteiger partial charge is 0.496 e. The molecule has 0 saturated heterocycles. The number of alkyl halides is 3. The highest BCUT2D eigenvalue weighted by Crippen LogP contribution is 2.30. The Bertz CT molecular complexity index is 791. The highest BCUT2D eigenvalue weighted by molar-refractivity contribution is 5.93. The highest BCUT2D eigenvalue weighted by Gasteiger charge is 2.32. The van der Waals surface area contributed by atoms with Gasteiger partial charge in [0.15, 0.2) is 11.7 Å². The van der Waals surface area contributed by atoms with Crippen LogP contribution < -0.4 is 30.0 Å². The number of halogens is 3. The van der Waals surface area contributed by atoms with Crippen LogP contribution in [0.2, 0.25) is 0 Å². The highest BCUT2D eigenvalue weighted by atomic mass is 19.4. The van der Waals surface area contributed by atoms with E-state index in [0.29, 0.717) is 17.2 Å². The first-order chi connectivity index (χ1) is 13.3. The van der Waals surface area contributed by atoms with Crippen molar-refractivity contribution in [3.05, 3.63) is 42.5 Å². The molecule has 7 nitrogen and oxygen atoms in total. The van der Waals surface area contributed by atoms with E-state index in [1.165, 1.54) is 38.5 Å². The summed E-state index contributed by atoms with van der Waals surface area (Å²) < 4.78 is 57.1. The molecule has 10 heteroatoms. The van der Waals surface area contributed by atoms with Crippen molar-refractivity contribution in [2.24, 2.45) is 10.7 Å². The molecule has 0 amide bonds. The number of anilines is 1. The Morgan fingerprint density at radius 2 is 1.64 bits per heavy atom. The third-order valence-electron chi connectivity index (χ3n) is 3.34. The molecular weight excluding hydrogens is 379 g/mol. The van der Waals surface area contributed by atoms with Gasteiger partial charge in [0.1, 0.15) is 23.9 Å². The zero-order valence-corrected chi connectivity index (χ0v) is 15.2. The van der Waals surface area contributed by atoms with Gasteiger partial charge in [-0.1, -0.05) is 12.1 Å². The molecule has 0 spiro atoms. The van der Waals surface area contributed by atoms with E-state index in [9.17, 15) is 13.2 Å². The van der Waals surface area contributed by atoms with Crippen LogP contribution in [0.25, 0.3) is 0 Å². The molecule has 0 fully saturated rings. The monoisotopic (exact) mass is 399 g/mol. The molecule has 28 heavy (non-hydrogen) atoms. The van der Waals surface area contributed by atoms with Crippen LogP contribution in [0, 0.1) is 0 Å². The Labute approximate surface area is 159 Å². The van der Waals surface area contributed by atoms with E-state index < -0.39 is 12.1 Å². The Balaban J connectivity index is 1.92. The van der Waals surface area contributed by atoms with Crippen LogP contribution >= 0.6 is 0 Å². The second-order valence-corrected chi connectivity index (χ2v) is 5.33. The number of ether oxygens (including phenoxy) is 4. The van der Waals surface area contributed by atoms with Gasteiger partial charge in [-0.3, -0.25) is 0 Å². The van der Waals surface area contributed by atoms with Crippen molar-refractivity contribution in [2.75, 3.05) is 32.7 Å². The van der Waals surface area contributed by atoms with E-state index in [2.05, 4.69) is 15.0 Å². The zero-order chi connectivity index (χ0) is 20.6. The van der Waals surface area contributed by atoms with Crippen LogP contribution in [0.1, 0.15) is 0 Å². The number of methoxy groups -OCH3 is 2. The van der Waals surface area contributed by atoms with Crippen LogP contribution in [0.5, 0.6) is 23.0 Å². The van der Waals surface area contributed by atoms with E-state index >= 15 is 0 Å². The quantitative estimate of drug-likeness (QED) is 0.402. The lowest BCUT2D eigenvalue weighted by molar-refractivity contribution is -0.274. The standard InChI is InChI=1S/C18H20F3N3O4/c1-25-12-9-13(26-2)11-14(10-12)27-8-7-23-17(22)24-15-5-3-4-6-16(15)28-18(19,20)21/h3-6,9-11H,7-8H2,1-2H3,(H3,22,23,24). The molecule has 0 aromatic heterocycles. The first-order valence-corrected chi connectivity index (χ1v) is 8.08. The first-order valence-electron chi connectivity index (χ1n) is 8.08. The van der Waals surface area contributed by atoms with Crippen LogP contribution in [-0.2, 0) is 0 Å². The predicted octanol–water partition coefficient (Wildman–Crippen LogP) is 3.41. The molecule has 2 aromatic carbocycles. The van der Waals surface area contributed by atoms with E-state index in [-0.39, 0.29) is 24.8 Å². The maximum atomic E-state index is 12.4. The predicted molar refractivity (Wildman–Crippen MR) is 98.3 cm³/mol. The summed E-state index contributed by atoms with van der Waals surface area (Å²) in [5.74, 6) is 1.17. The van der Waals surface area contributed by atoms with Crippen LogP contribution in [0.3, 0.4) is 0 Å². The van der Waals surface area contributed by atoms with Gasteiger partial charge in [0, 0.05) is 18.2 Å². The lowest BCUT2D eigenvalue weighted by atomic mass is 10.3. The average molecular weight is 399 g/mol. The summed E-state index contributed by atoms with van der Waals surface area (Å²) in [6.45, 7) is 0.347. The fraction of sp³-hybridized carbons (Fsp3) is 0.278. The number of nitrogens with one attached hydrogen (secondary N) is 1. The number of benzene rings is 2. The first kappa shape index (κ1) is 21.0. The maximum absolute atomic E-state index is 12.4. The summed E-state index contributed by atoms with van der Waals surface area (Å²) >= 11 is 0. The third kappa shape index (κ3) is 6.78. The van der Waals surface area contributed by atoms with Crippen molar-refractivity contribution in [1.29, 1.82) is 0 Å². The molecule has 2 rings (SSSR count). The van der Waals surface area contributed by atoms with Gasteiger partial charge in [-0.25, -0.2) is 4.99 Å². The number of hydrogen-bond acceptors (Lipinski definition) is 5. The largest absolute Gasteiger partial charge is 0.573 e. The lowest BCUT2D eigenvalue weighted by Gasteiger charge is -2.14. The number of para-hydroxylation sites is 2. The SMILES string of the molecule is COc1cc(OC)cc(OCCN=C(N)Nc2ccccc2OC(F)(F)F)c1. The van der Waals surface area contributed by atoms with Gasteiger partial charge in [-0.15, -0.1) is 13.2 Å². The molecule has 2 aromatic rings. The Kier molecular flexibility index (Phi) is 7.19. The molecule has 0 atom stereocenters. The lowest BCUT2D eigenvalue weighted by Crippen LogP contribution is -2.25. The zero-order valence-electron chi connectivity index (χ0n) is 15.2. The summed E-state index contributed by atoms with van der Waals surface area (Å²) in [6.07, 6.45) is -4.81. The Morgan fingerprint density at radius 1 is 1.04 bits per heavy atom. The number of rotatable bonds is 8. The molecule has 0 unspecified atom stereocenters. The molecule has 0 aliphatic rings. The van der Waals surface area contributed by atoms with E-state index in [1.54, 1.807) is 18.2 Å². The number of hydrogen-bond donors (Lipinski definition) is 2. The van der Waals surface area contributed by atoms with E-state index in [4.69, 9.17) is 19.9 Å². The summed E-state index contributed by atoms with van der Waals surface area (Å²) in [6, 6.07) is 10.6. The molecule has 0 radical (unpaired) electrons. The van der Waals surface area contributed by atoms with Crippen molar-refractivity contribution in [3.8, 4) is 23.0 Å². The second-order valence-electron chi connectivity index (χ2n) is 5.33. The molecule has 3 N–H and O–H groups in total. The Morgan fingerprint density at radius 3 is 2.25 bits per heavy atom. The molecule has 152 valence electrons. The summed E-state index contributed by atoms with van der Waals surface area (Å²) in [5, 5.41) is 2.58. The molecule has 0 heterocycles. The average Bonchev–Trinajstić information content (AvgIpc) is 2.65. The van der Waals surface area contributed by atoms with Crippen molar-refractivity contribution >= 4 is 11.6 Å². The summed E-state index contributed by atoms with van der Waals surface area (Å²) in [5.41, 5.74) is 5.76. The van der Waals surface area contributed by atoms with Crippen LogP contribution in [0.15, 0.2) is 47.5 Å². The van der Waals surface area contributed by atoms with Gasteiger partial charge < -0.3 is 30.0 Å². The second kappa shape index (κ2) is 9.58. The molecule has 0 aliphatic heterocycles. The minimum atomic E-state index is -4.81. The van der Waals surface area contributed by atoms with Crippen LogP contribution in [0.4, 0.5) is 18.9 Å². The maximum Gasteiger partial charge on any atom is 0.573 e. The van der Waals surface area contributed by atoms with E-state index in [0.717, 1.165) is 0 Å². The number of nitrogens with two attached hydrogens (primary N) is 1. The minimum absolute atomic E-state index is 0.0412. The van der Waals surface area contributed by atoms with Gasteiger partial charge in [0.05, 0.1) is 26.5 Å². The number of guanidine groups is 1. The molecule has 0 bridgehead atoms. The fourth-order valence-electron chi connectivity index (χ4n) is 2.16. The van der Waals surface area contributed by atoms with Gasteiger partial charge in [0.25, 0.3) is 0 Å². The van der Waals surface area contributed by atoms with E-state index in [1.807, 2.05) is 0 Å². The molecule has 0 aliphatic carbocycles. The molecular formula is C18H20F3N3O4. The molecule has 0 saturated carbocycles. The van der Waals surface area contributed by atoms with Crippen molar-refractivity contribution in [1.82, 2.24) is 0 Å². The minimum Gasteiger partial charge on any atom is -0.496 e. The third-order valence-corrected chi connectivity index (χ3v) is 3.34. The van der Waals surface area contributed by atoms with Gasteiger partial charge in [-0.2, -0.15) is 0 Å². The van der Waals surface area contributed by atoms with Crippen LogP contribution in [-0.4, -0.2) is 39.7 Å². The normalized spacial score (nSPS) is 11.7. The summed E-state index contributed by atoms with van der Waals surface area (Å²) in [4.78, 5) is 4.02. The fourth-order valence-corrected chi connectivity index (χ4v) is 2.16. The van der Waals surface area contributed by atoms with Gasteiger partial charge in [-0.05, 0) is 12.1 Å². The number of nitrogens with zero attached hydrogens (tertiary/aromatic N) is 1. The summed E-state index contributed by atoms with van der Waals surface area (Å²) in [7, 11) is 3.05. The van der Waals surface area contributed by atoms with Crippen molar-refractivity contribution in [2.45, 2.75) is 6.36 Å². The number of aliphatic imine (C=N–C) groups is 1.